The highest BCUT2D eigenvalue weighted by atomic mass is 127. The molecule has 154 valence electrons. The zero-order valence-corrected chi connectivity index (χ0v) is 20.1. The topological polar surface area (TPSA) is 49.8 Å². The first-order valence-electron chi connectivity index (χ1n) is 9.85. The van der Waals surface area contributed by atoms with Gasteiger partial charge in [0.1, 0.15) is 6.10 Å². The molecule has 0 radical (unpaired) electrons. The van der Waals surface area contributed by atoms with Crippen molar-refractivity contribution in [2.24, 2.45) is 4.99 Å². The van der Waals surface area contributed by atoms with Crippen molar-refractivity contribution in [1.82, 2.24) is 15.2 Å². The second kappa shape index (κ2) is 11.7. The maximum Gasteiger partial charge on any atom is 0.194 e. The summed E-state index contributed by atoms with van der Waals surface area (Å²) in [4.78, 5) is 11.8. The number of rotatable bonds is 6. The van der Waals surface area contributed by atoms with Crippen LogP contribution < -0.4 is 5.32 Å². The molecule has 1 N–H and O–H groups in total. The number of benzene rings is 1. The number of aryl methyl sites for hydroxylation is 2. The molecular formula is C21H31IN4OS. The van der Waals surface area contributed by atoms with Gasteiger partial charge in [0.25, 0.3) is 0 Å². The Bertz CT molecular complexity index is 764. The van der Waals surface area contributed by atoms with E-state index in [-0.39, 0.29) is 30.1 Å². The maximum atomic E-state index is 6.06. The van der Waals surface area contributed by atoms with Crippen LogP contribution in [0.3, 0.4) is 0 Å². The second-order valence-electron chi connectivity index (χ2n) is 6.73. The number of nitrogens with zero attached hydrogens (tertiary/aromatic N) is 3. The van der Waals surface area contributed by atoms with Gasteiger partial charge in [-0.25, -0.2) is 4.98 Å². The zero-order chi connectivity index (χ0) is 19.1. The van der Waals surface area contributed by atoms with Crippen molar-refractivity contribution in [3.8, 4) is 0 Å². The number of aromatic nitrogens is 1. The van der Waals surface area contributed by atoms with E-state index in [0.29, 0.717) is 0 Å². The summed E-state index contributed by atoms with van der Waals surface area (Å²) in [6.07, 6.45) is 1.98. The zero-order valence-electron chi connectivity index (χ0n) is 17.0. The molecule has 3 rings (SSSR count). The predicted octanol–water partition coefficient (Wildman–Crippen LogP) is 4.21. The molecule has 1 saturated heterocycles. The smallest absolute Gasteiger partial charge is 0.194 e. The van der Waals surface area contributed by atoms with Crippen LogP contribution in [0.1, 0.15) is 41.8 Å². The number of halogens is 1. The molecule has 0 amide bonds. The predicted molar refractivity (Wildman–Crippen MR) is 128 cm³/mol. The van der Waals surface area contributed by atoms with Crippen molar-refractivity contribution in [3.05, 3.63) is 51.5 Å². The summed E-state index contributed by atoms with van der Waals surface area (Å²) < 4.78 is 6.06. The van der Waals surface area contributed by atoms with Crippen LogP contribution >= 0.6 is 35.3 Å². The lowest BCUT2D eigenvalue weighted by Crippen LogP contribution is -2.48. The molecule has 7 heteroatoms. The molecule has 0 aliphatic carbocycles. The van der Waals surface area contributed by atoms with Crippen LogP contribution in [-0.4, -0.2) is 48.6 Å². The molecule has 5 nitrogen and oxygen atoms in total. The van der Waals surface area contributed by atoms with Crippen molar-refractivity contribution < 1.29 is 4.74 Å². The minimum absolute atomic E-state index is 0. The van der Waals surface area contributed by atoms with Gasteiger partial charge in [-0.2, -0.15) is 0 Å². The fourth-order valence-electron chi connectivity index (χ4n) is 3.31. The molecule has 1 aliphatic heterocycles. The molecule has 1 fully saturated rings. The summed E-state index contributed by atoms with van der Waals surface area (Å²) in [5.41, 5.74) is 3.70. The van der Waals surface area contributed by atoms with Gasteiger partial charge in [0.05, 0.1) is 23.9 Å². The van der Waals surface area contributed by atoms with Crippen LogP contribution in [0, 0.1) is 6.92 Å². The molecule has 0 saturated carbocycles. The van der Waals surface area contributed by atoms with Crippen LogP contribution in [0.4, 0.5) is 0 Å². The Hall–Kier alpha value is -1.19. The Kier molecular flexibility index (Phi) is 9.67. The normalized spacial score (nSPS) is 17.3. The molecule has 0 spiro atoms. The molecule has 1 atom stereocenters. The Morgan fingerprint density at radius 1 is 1.36 bits per heavy atom. The summed E-state index contributed by atoms with van der Waals surface area (Å²) in [7, 11) is 0. The van der Waals surface area contributed by atoms with E-state index in [1.807, 2.05) is 0 Å². The first-order valence-corrected chi connectivity index (χ1v) is 10.7. The first-order chi connectivity index (χ1) is 13.2. The Labute approximate surface area is 189 Å². The number of morpholine rings is 1. The van der Waals surface area contributed by atoms with Crippen LogP contribution in [0.15, 0.2) is 34.6 Å². The SMILES string of the molecule is CCNC(=NCCc1csc(CC)n1)N1CCOC(c2ccccc2C)C1.I. The van der Waals surface area contributed by atoms with Crippen LogP contribution in [0.2, 0.25) is 0 Å². The number of nitrogens with one attached hydrogen (secondary N) is 1. The fourth-order valence-corrected chi connectivity index (χ4v) is 4.09. The second-order valence-corrected chi connectivity index (χ2v) is 7.68. The average molecular weight is 514 g/mol. The fraction of sp³-hybridized carbons (Fsp3) is 0.524. The van der Waals surface area contributed by atoms with Crippen LogP contribution in [-0.2, 0) is 17.6 Å². The molecule has 2 aromatic rings. The summed E-state index contributed by atoms with van der Waals surface area (Å²) in [5.74, 6) is 0.977. The highest BCUT2D eigenvalue weighted by molar-refractivity contribution is 14.0. The summed E-state index contributed by atoms with van der Waals surface area (Å²) in [6.45, 7) is 10.4. The van der Waals surface area contributed by atoms with Gasteiger partial charge < -0.3 is 15.0 Å². The Morgan fingerprint density at radius 2 is 2.18 bits per heavy atom. The van der Waals surface area contributed by atoms with Gasteiger partial charge in [-0.15, -0.1) is 35.3 Å². The third-order valence-corrected chi connectivity index (χ3v) is 5.81. The molecule has 0 bridgehead atoms. The van der Waals surface area contributed by atoms with E-state index in [4.69, 9.17) is 9.73 Å². The third-order valence-electron chi connectivity index (χ3n) is 4.77. The lowest BCUT2D eigenvalue weighted by atomic mass is 10.0. The van der Waals surface area contributed by atoms with E-state index in [2.05, 4.69) is 65.6 Å². The van der Waals surface area contributed by atoms with Gasteiger partial charge in [0.15, 0.2) is 5.96 Å². The number of thiazole rings is 1. The first kappa shape index (κ1) is 23.1. The molecule has 1 aliphatic rings. The lowest BCUT2D eigenvalue weighted by Gasteiger charge is -2.35. The Balaban J connectivity index is 0.00000280. The van der Waals surface area contributed by atoms with Crippen LogP contribution in [0.5, 0.6) is 0 Å². The number of guanidine groups is 1. The number of ether oxygens (including phenoxy) is 1. The van der Waals surface area contributed by atoms with E-state index in [1.165, 1.54) is 16.1 Å². The molecule has 1 aromatic carbocycles. The summed E-state index contributed by atoms with van der Waals surface area (Å²) >= 11 is 1.74. The Morgan fingerprint density at radius 3 is 2.89 bits per heavy atom. The maximum absolute atomic E-state index is 6.06. The summed E-state index contributed by atoms with van der Waals surface area (Å²) in [6, 6.07) is 8.48. The molecule has 1 unspecified atom stereocenters. The van der Waals surface area contributed by atoms with Crippen molar-refractivity contribution >= 4 is 41.3 Å². The highest BCUT2D eigenvalue weighted by Crippen LogP contribution is 2.25. The number of aliphatic imine (C=N–C) groups is 1. The minimum atomic E-state index is 0. The average Bonchev–Trinajstić information content (AvgIpc) is 3.16. The van der Waals surface area contributed by atoms with E-state index in [1.54, 1.807) is 11.3 Å². The molecule has 28 heavy (non-hydrogen) atoms. The van der Waals surface area contributed by atoms with E-state index < -0.39 is 0 Å². The van der Waals surface area contributed by atoms with Crippen molar-refractivity contribution in [2.75, 3.05) is 32.8 Å². The van der Waals surface area contributed by atoms with E-state index in [0.717, 1.165) is 57.3 Å². The third kappa shape index (κ3) is 6.15. The van der Waals surface area contributed by atoms with Crippen molar-refractivity contribution in [2.45, 2.75) is 39.7 Å². The quantitative estimate of drug-likeness (QED) is 0.357. The van der Waals surface area contributed by atoms with Gasteiger partial charge in [-0.05, 0) is 31.4 Å². The summed E-state index contributed by atoms with van der Waals surface area (Å²) in [5, 5.41) is 6.80. The largest absolute Gasteiger partial charge is 0.370 e. The molecule has 2 heterocycles. The van der Waals surface area contributed by atoms with E-state index >= 15 is 0 Å². The van der Waals surface area contributed by atoms with Crippen LogP contribution in [0.25, 0.3) is 0 Å². The van der Waals surface area contributed by atoms with Gasteiger partial charge in [0, 0.05) is 31.4 Å². The van der Waals surface area contributed by atoms with Crippen molar-refractivity contribution in [1.29, 1.82) is 0 Å². The molecular weight excluding hydrogens is 483 g/mol. The number of hydrogen-bond donors (Lipinski definition) is 1. The van der Waals surface area contributed by atoms with Crippen molar-refractivity contribution in [3.63, 3.8) is 0 Å². The molecule has 1 aromatic heterocycles. The van der Waals surface area contributed by atoms with Gasteiger partial charge in [-0.3, -0.25) is 4.99 Å². The number of hydrogen-bond acceptors (Lipinski definition) is 4. The highest BCUT2D eigenvalue weighted by Gasteiger charge is 2.25. The lowest BCUT2D eigenvalue weighted by molar-refractivity contribution is -0.00832. The van der Waals surface area contributed by atoms with Gasteiger partial charge in [-0.1, -0.05) is 31.2 Å². The van der Waals surface area contributed by atoms with Gasteiger partial charge >= 0.3 is 0 Å². The minimum Gasteiger partial charge on any atom is -0.370 e. The van der Waals surface area contributed by atoms with Gasteiger partial charge in [0.2, 0.25) is 0 Å². The van der Waals surface area contributed by atoms with E-state index in [9.17, 15) is 0 Å². The monoisotopic (exact) mass is 514 g/mol. The standard InChI is InChI=1S/C21H30N4OS.HI/c1-4-20-24-17(15-27-20)10-11-23-21(22-5-2)25-12-13-26-19(14-25)18-9-7-6-8-16(18)3;/h6-9,15,19H,4-5,10-14H2,1-3H3,(H,22,23);1H.